The van der Waals surface area contributed by atoms with Gasteiger partial charge >= 0.3 is 0 Å². The molecule has 0 aliphatic rings. The maximum Gasteiger partial charge on any atom is 0.253 e. The average molecular weight is 388 g/mol. The molecule has 6 heteroatoms. The molecule has 0 saturated heterocycles. The molecule has 2 aromatic heterocycles. The lowest BCUT2D eigenvalue weighted by Crippen LogP contribution is -2.27. The number of benzene rings is 1. The summed E-state index contributed by atoms with van der Waals surface area (Å²) < 4.78 is 0. The molecule has 0 aliphatic carbocycles. The van der Waals surface area contributed by atoms with Gasteiger partial charge < -0.3 is 10.6 Å². The van der Waals surface area contributed by atoms with E-state index in [1.54, 1.807) is 24.5 Å². The zero-order chi connectivity index (χ0) is 20.8. The summed E-state index contributed by atoms with van der Waals surface area (Å²) in [5.74, 6) is -0.318. The predicted octanol–water partition coefficient (Wildman–Crippen LogP) is 3.51. The number of carbonyl (C=O) groups is 2. The number of pyridine rings is 2. The topological polar surface area (TPSA) is 84.0 Å². The minimum absolute atomic E-state index is 0.147. The highest BCUT2D eigenvalue weighted by molar-refractivity contribution is 5.94. The fourth-order valence-electron chi connectivity index (χ4n) is 2.78. The molecule has 0 aliphatic heterocycles. The van der Waals surface area contributed by atoms with E-state index in [1.807, 2.05) is 57.2 Å². The normalized spacial score (nSPS) is 11.6. The van der Waals surface area contributed by atoms with Crippen molar-refractivity contribution < 1.29 is 9.59 Å². The van der Waals surface area contributed by atoms with E-state index in [9.17, 15) is 9.59 Å². The van der Waals surface area contributed by atoms with Gasteiger partial charge in [0.25, 0.3) is 11.8 Å². The molecule has 0 fully saturated rings. The van der Waals surface area contributed by atoms with Crippen LogP contribution in [0.15, 0.2) is 60.9 Å². The van der Waals surface area contributed by atoms with Crippen molar-refractivity contribution in [3.05, 3.63) is 94.6 Å². The number of aryl methyl sites for hydroxylation is 2. The number of hydrogen-bond acceptors (Lipinski definition) is 4. The molecule has 2 amide bonds. The summed E-state index contributed by atoms with van der Waals surface area (Å²) in [6, 6.07) is 14.8. The molecule has 2 heterocycles. The molecule has 0 bridgehead atoms. The molecular formula is C23H24N4O2. The second kappa shape index (κ2) is 9.10. The Morgan fingerprint density at radius 3 is 1.90 bits per heavy atom. The van der Waals surface area contributed by atoms with Crippen molar-refractivity contribution in [2.45, 2.75) is 33.4 Å². The van der Waals surface area contributed by atoms with Gasteiger partial charge in [-0.1, -0.05) is 24.3 Å². The Balaban J connectivity index is 1.55. The van der Waals surface area contributed by atoms with Crippen LogP contribution < -0.4 is 10.6 Å². The van der Waals surface area contributed by atoms with Gasteiger partial charge in [-0.2, -0.15) is 0 Å². The molecule has 0 unspecified atom stereocenters. The monoisotopic (exact) mass is 388 g/mol. The first-order chi connectivity index (χ1) is 13.9. The van der Waals surface area contributed by atoms with E-state index in [1.165, 1.54) is 0 Å². The SMILES string of the molecule is Cc1ccc(C(=O)NCc2ccc([C@H](C)NC(=O)c3ccc(C)nc3)cc2)cn1. The standard InChI is InChI=1S/C23H24N4O2/c1-15-4-8-20(13-24-15)22(28)26-12-18-6-10-19(11-7-18)17(3)27-23(29)21-9-5-16(2)25-14-21/h4-11,13-14,17H,12H2,1-3H3,(H,26,28)(H,27,29)/t17-/m0/s1. The highest BCUT2D eigenvalue weighted by atomic mass is 16.2. The molecule has 0 saturated carbocycles. The van der Waals surface area contributed by atoms with Crippen molar-refractivity contribution >= 4 is 11.8 Å². The van der Waals surface area contributed by atoms with Gasteiger partial charge in [0.05, 0.1) is 17.2 Å². The Morgan fingerprint density at radius 1 is 0.828 bits per heavy atom. The van der Waals surface area contributed by atoms with E-state index in [2.05, 4.69) is 20.6 Å². The van der Waals surface area contributed by atoms with E-state index in [0.29, 0.717) is 17.7 Å². The number of hydrogen-bond donors (Lipinski definition) is 2. The van der Waals surface area contributed by atoms with E-state index in [-0.39, 0.29) is 17.9 Å². The Bertz CT molecular complexity index is 981. The summed E-state index contributed by atoms with van der Waals surface area (Å²) in [5.41, 5.74) is 4.77. The van der Waals surface area contributed by atoms with E-state index in [4.69, 9.17) is 0 Å². The number of aromatic nitrogens is 2. The molecule has 1 aromatic carbocycles. The molecule has 6 nitrogen and oxygen atoms in total. The van der Waals surface area contributed by atoms with Crippen LogP contribution in [0.25, 0.3) is 0 Å². The fraction of sp³-hybridized carbons (Fsp3) is 0.217. The maximum atomic E-state index is 12.3. The van der Waals surface area contributed by atoms with Gasteiger partial charge in [0, 0.05) is 30.3 Å². The third-order valence-electron chi connectivity index (χ3n) is 4.63. The molecule has 3 aromatic rings. The van der Waals surface area contributed by atoms with Gasteiger partial charge in [-0.3, -0.25) is 19.6 Å². The third kappa shape index (κ3) is 5.48. The molecular weight excluding hydrogens is 364 g/mol. The molecule has 1 atom stereocenters. The highest BCUT2D eigenvalue weighted by Gasteiger charge is 2.12. The van der Waals surface area contributed by atoms with Crippen LogP contribution in [-0.4, -0.2) is 21.8 Å². The zero-order valence-electron chi connectivity index (χ0n) is 16.8. The Hall–Kier alpha value is -3.54. The first-order valence-electron chi connectivity index (χ1n) is 9.45. The summed E-state index contributed by atoms with van der Waals surface area (Å²) in [6.45, 7) is 6.11. The molecule has 3 rings (SSSR count). The summed E-state index contributed by atoms with van der Waals surface area (Å²) in [5, 5.41) is 5.86. The van der Waals surface area contributed by atoms with Crippen molar-refractivity contribution in [3.8, 4) is 0 Å². The van der Waals surface area contributed by atoms with Crippen LogP contribution in [0.1, 0.15) is 56.2 Å². The summed E-state index contributed by atoms with van der Waals surface area (Å²) in [6.07, 6.45) is 3.15. The van der Waals surface area contributed by atoms with Gasteiger partial charge in [0.2, 0.25) is 0 Å². The lowest BCUT2D eigenvalue weighted by atomic mass is 10.1. The van der Waals surface area contributed by atoms with Crippen LogP contribution in [0.2, 0.25) is 0 Å². The van der Waals surface area contributed by atoms with Crippen LogP contribution in [0, 0.1) is 13.8 Å². The average Bonchev–Trinajstić information content (AvgIpc) is 2.73. The van der Waals surface area contributed by atoms with Crippen LogP contribution in [0.5, 0.6) is 0 Å². The van der Waals surface area contributed by atoms with E-state index >= 15 is 0 Å². The van der Waals surface area contributed by atoms with Gasteiger partial charge in [-0.25, -0.2) is 0 Å². The minimum atomic E-state index is -0.159. The quantitative estimate of drug-likeness (QED) is 0.677. The van der Waals surface area contributed by atoms with E-state index in [0.717, 1.165) is 22.5 Å². The molecule has 2 N–H and O–H groups in total. The summed E-state index contributed by atoms with van der Waals surface area (Å²) in [7, 11) is 0. The van der Waals surface area contributed by atoms with Crippen molar-refractivity contribution in [2.24, 2.45) is 0 Å². The molecule has 0 spiro atoms. The van der Waals surface area contributed by atoms with E-state index < -0.39 is 0 Å². The first kappa shape index (κ1) is 20.2. The number of nitrogens with zero attached hydrogens (tertiary/aromatic N) is 2. The molecule has 0 radical (unpaired) electrons. The van der Waals surface area contributed by atoms with Crippen LogP contribution in [0.4, 0.5) is 0 Å². The van der Waals surface area contributed by atoms with Gasteiger partial charge in [-0.05, 0) is 56.2 Å². The smallest absolute Gasteiger partial charge is 0.253 e. The largest absolute Gasteiger partial charge is 0.348 e. The third-order valence-corrected chi connectivity index (χ3v) is 4.63. The number of nitrogens with one attached hydrogen (secondary N) is 2. The Labute approximate surface area is 170 Å². The second-order valence-corrected chi connectivity index (χ2v) is 7.00. The highest BCUT2D eigenvalue weighted by Crippen LogP contribution is 2.14. The number of amides is 2. The van der Waals surface area contributed by atoms with Crippen molar-refractivity contribution in [2.75, 3.05) is 0 Å². The number of rotatable bonds is 6. The second-order valence-electron chi connectivity index (χ2n) is 7.00. The van der Waals surface area contributed by atoms with Crippen molar-refractivity contribution in [3.63, 3.8) is 0 Å². The maximum absolute atomic E-state index is 12.3. The fourth-order valence-corrected chi connectivity index (χ4v) is 2.78. The minimum Gasteiger partial charge on any atom is -0.348 e. The molecule has 29 heavy (non-hydrogen) atoms. The van der Waals surface area contributed by atoms with Gasteiger partial charge in [0.1, 0.15) is 0 Å². The van der Waals surface area contributed by atoms with Crippen LogP contribution in [-0.2, 0) is 6.54 Å². The van der Waals surface area contributed by atoms with Crippen LogP contribution in [0.3, 0.4) is 0 Å². The lowest BCUT2D eigenvalue weighted by Gasteiger charge is -2.15. The van der Waals surface area contributed by atoms with Gasteiger partial charge in [-0.15, -0.1) is 0 Å². The molecule has 148 valence electrons. The van der Waals surface area contributed by atoms with Crippen molar-refractivity contribution in [1.82, 2.24) is 20.6 Å². The predicted molar refractivity (Wildman–Crippen MR) is 111 cm³/mol. The Morgan fingerprint density at radius 2 is 1.38 bits per heavy atom. The zero-order valence-corrected chi connectivity index (χ0v) is 16.8. The van der Waals surface area contributed by atoms with Crippen LogP contribution >= 0.6 is 0 Å². The lowest BCUT2D eigenvalue weighted by molar-refractivity contribution is 0.0934. The first-order valence-corrected chi connectivity index (χ1v) is 9.45. The van der Waals surface area contributed by atoms with Crippen molar-refractivity contribution in [1.29, 1.82) is 0 Å². The number of carbonyl (C=O) groups excluding carboxylic acids is 2. The summed E-state index contributed by atoms with van der Waals surface area (Å²) in [4.78, 5) is 32.8. The van der Waals surface area contributed by atoms with Gasteiger partial charge in [0.15, 0.2) is 0 Å². The Kier molecular flexibility index (Phi) is 6.34. The summed E-state index contributed by atoms with van der Waals surface area (Å²) >= 11 is 0.